The Labute approximate surface area is 107 Å². The van der Waals surface area contributed by atoms with E-state index in [-0.39, 0.29) is 11.6 Å². The van der Waals surface area contributed by atoms with Gasteiger partial charge in [-0.05, 0) is 45.4 Å². The number of rotatable bonds is 3. The van der Waals surface area contributed by atoms with Gasteiger partial charge in [-0.15, -0.1) is 0 Å². The van der Waals surface area contributed by atoms with E-state index in [9.17, 15) is 0 Å². The molecule has 0 amide bonds. The van der Waals surface area contributed by atoms with E-state index >= 15 is 0 Å². The van der Waals surface area contributed by atoms with Crippen molar-refractivity contribution in [2.45, 2.75) is 39.3 Å². The molecule has 4 heteroatoms. The van der Waals surface area contributed by atoms with Crippen molar-refractivity contribution < 1.29 is 4.84 Å². The van der Waals surface area contributed by atoms with Crippen LogP contribution in [0.2, 0.25) is 10.0 Å². The zero-order valence-corrected chi connectivity index (χ0v) is 11.5. The van der Waals surface area contributed by atoms with Gasteiger partial charge >= 0.3 is 0 Å². The van der Waals surface area contributed by atoms with Crippen LogP contribution in [0.15, 0.2) is 18.2 Å². The lowest BCUT2D eigenvalue weighted by atomic mass is 10.1. The molecule has 0 spiro atoms. The van der Waals surface area contributed by atoms with E-state index in [4.69, 9.17) is 28.0 Å². The molecule has 1 aromatic carbocycles. The van der Waals surface area contributed by atoms with E-state index in [0.29, 0.717) is 10.0 Å². The van der Waals surface area contributed by atoms with Gasteiger partial charge in [0.05, 0.1) is 21.7 Å². The van der Waals surface area contributed by atoms with E-state index < -0.39 is 0 Å². The molecule has 0 fully saturated rings. The largest absolute Gasteiger partial charge is 0.296 e. The van der Waals surface area contributed by atoms with E-state index in [1.165, 1.54) is 0 Å². The summed E-state index contributed by atoms with van der Waals surface area (Å²) in [5.41, 5.74) is 3.81. The van der Waals surface area contributed by atoms with Crippen LogP contribution >= 0.6 is 23.2 Å². The summed E-state index contributed by atoms with van der Waals surface area (Å²) in [6, 6.07) is 5.62. The van der Waals surface area contributed by atoms with Gasteiger partial charge in [0.1, 0.15) is 0 Å². The van der Waals surface area contributed by atoms with Gasteiger partial charge in [0.15, 0.2) is 0 Å². The first-order valence-electron chi connectivity index (χ1n) is 5.18. The third-order valence-electron chi connectivity index (χ3n) is 1.99. The van der Waals surface area contributed by atoms with Gasteiger partial charge in [0.2, 0.25) is 0 Å². The maximum absolute atomic E-state index is 5.95. The van der Waals surface area contributed by atoms with Crippen molar-refractivity contribution in [3.05, 3.63) is 33.8 Å². The molecule has 0 radical (unpaired) electrons. The zero-order chi connectivity index (χ0) is 12.3. The summed E-state index contributed by atoms with van der Waals surface area (Å²) in [6.45, 7) is 7.97. The molecule has 0 aliphatic carbocycles. The van der Waals surface area contributed by atoms with Crippen LogP contribution < -0.4 is 5.48 Å². The topological polar surface area (TPSA) is 21.3 Å². The first-order valence-corrected chi connectivity index (χ1v) is 5.93. The Morgan fingerprint density at radius 2 is 1.81 bits per heavy atom. The molecule has 0 aromatic heterocycles. The summed E-state index contributed by atoms with van der Waals surface area (Å²) >= 11 is 11.8. The van der Waals surface area contributed by atoms with Crippen molar-refractivity contribution >= 4 is 23.2 Å². The number of nitrogens with one attached hydrogen (secondary N) is 1. The molecule has 1 rings (SSSR count). The first-order chi connectivity index (χ1) is 7.29. The highest BCUT2D eigenvalue weighted by Gasteiger charge is 2.14. The van der Waals surface area contributed by atoms with Crippen LogP contribution in [0.3, 0.4) is 0 Å². The molecule has 0 saturated carbocycles. The highest BCUT2D eigenvalue weighted by atomic mass is 35.5. The van der Waals surface area contributed by atoms with Crippen LogP contribution in [0.4, 0.5) is 0 Å². The molecule has 0 aliphatic heterocycles. The average Bonchev–Trinajstić information content (AvgIpc) is 2.17. The van der Waals surface area contributed by atoms with Crippen LogP contribution in [-0.2, 0) is 4.84 Å². The van der Waals surface area contributed by atoms with Crippen molar-refractivity contribution in [3.8, 4) is 0 Å². The third-order valence-corrected chi connectivity index (χ3v) is 2.72. The van der Waals surface area contributed by atoms with Gasteiger partial charge in [-0.1, -0.05) is 29.3 Å². The quantitative estimate of drug-likeness (QED) is 0.816. The van der Waals surface area contributed by atoms with Gasteiger partial charge in [-0.3, -0.25) is 4.84 Å². The number of halogens is 2. The van der Waals surface area contributed by atoms with Gasteiger partial charge in [-0.25, -0.2) is 0 Å². The summed E-state index contributed by atoms with van der Waals surface area (Å²) in [6.07, 6.45) is 0. The minimum absolute atomic E-state index is 0.0639. The van der Waals surface area contributed by atoms with Gasteiger partial charge in [0.25, 0.3) is 0 Å². The molecule has 1 unspecified atom stereocenters. The molecular formula is C12H17Cl2NO. The molecule has 0 bridgehead atoms. The molecular weight excluding hydrogens is 245 g/mol. The molecule has 1 aromatic rings. The highest BCUT2D eigenvalue weighted by molar-refractivity contribution is 6.42. The second-order valence-corrected chi connectivity index (χ2v) is 5.54. The molecule has 1 atom stereocenters. The van der Waals surface area contributed by atoms with Crippen molar-refractivity contribution in [2.75, 3.05) is 0 Å². The highest BCUT2D eigenvalue weighted by Crippen LogP contribution is 2.25. The number of hydrogen-bond donors (Lipinski definition) is 1. The minimum Gasteiger partial charge on any atom is -0.296 e. The number of benzene rings is 1. The summed E-state index contributed by atoms with van der Waals surface area (Å²) in [4.78, 5) is 5.49. The van der Waals surface area contributed by atoms with Crippen LogP contribution in [0.1, 0.15) is 39.3 Å². The molecule has 0 aliphatic rings. The molecule has 2 nitrogen and oxygen atoms in total. The van der Waals surface area contributed by atoms with Crippen molar-refractivity contribution in [2.24, 2.45) is 0 Å². The number of hydroxylamine groups is 1. The lowest BCUT2D eigenvalue weighted by molar-refractivity contribution is -0.0866. The Hall–Kier alpha value is -0.280. The monoisotopic (exact) mass is 261 g/mol. The Morgan fingerprint density at radius 1 is 1.19 bits per heavy atom. The summed E-state index contributed by atoms with van der Waals surface area (Å²) in [7, 11) is 0. The van der Waals surface area contributed by atoms with Crippen molar-refractivity contribution in [1.82, 2.24) is 5.48 Å². The van der Waals surface area contributed by atoms with Crippen LogP contribution in [0, 0.1) is 0 Å². The van der Waals surface area contributed by atoms with Crippen LogP contribution in [0.25, 0.3) is 0 Å². The van der Waals surface area contributed by atoms with Crippen molar-refractivity contribution in [1.29, 1.82) is 0 Å². The standard InChI is InChI=1S/C12H17Cl2NO/c1-8(15-16-12(2,3)4)9-5-6-10(13)11(14)7-9/h5-8,15H,1-4H3. The van der Waals surface area contributed by atoms with E-state index in [0.717, 1.165) is 5.56 Å². The van der Waals surface area contributed by atoms with E-state index in [2.05, 4.69) is 5.48 Å². The molecule has 0 heterocycles. The van der Waals surface area contributed by atoms with Crippen LogP contribution in [0.5, 0.6) is 0 Å². The molecule has 1 N–H and O–H groups in total. The van der Waals surface area contributed by atoms with Gasteiger partial charge in [-0.2, -0.15) is 5.48 Å². The minimum atomic E-state index is -0.218. The Kier molecular flexibility index (Phi) is 4.62. The third kappa shape index (κ3) is 4.30. The fourth-order valence-electron chi connectivity index (χ4n) is 1.11. The number of hydrogen-bond acceptors (Lipinski definition) is 2. The maximum atomic E-state index is 5.95. The first kappa shape index (κ1) is 13.8. The van der Waals surface area contributed by atoms with Gasteiger partial charge < -0.3 is 0 Å². The van der Waals surface area contributed by atoms with E-state index in [1.54, 1.807) is 6.07 Å². The summed E-state index contributed by atoms with van der Waals surface area (Å²) in [5.74, 6) is 0. The molecule has 16 heavy (non-hydrogen) atoms. The predicted octanol–water partition coefficient (Wildman–Crippen LogP) is 4.37. The molecule has 0 saturated heterocycles. The van der Waals surface area contributed by atoms with Crippen LogP contribution in [-0.4, -0.2) is 5.60 Å². The Morgan fingerprint density at radius 3 is 2.31 bits per heavy atom. The summed E-state index contributed by atoms with van der Waals surface area (Å²) in [5, 5.41) is 1.12. The Bertz CT molecular complexity index is 361. The normalized spacial score (nSPS) is 13.9. The fraction of sp³-hybridized carbons (Fsp3) is 0.500. The second-order valence-electron chi connectivity index (χ2n) is 4.73. The lowest BCUT2D eigenvalue weighted by Gasteiger charge is -2.23. The smallest absolute Gasteiger partial charge is 0.0813 e. The zero-order valence-electron chi connectivity index (χ0n) is 9.97. The van der Waals surface area contributed by atoms with E-state index in [1.807, 2.05) is 39.8 Å². The molecule has 90 valence electrons. The summed E-state index contributed by atoms with van der Waals surface area (Å²) < 4.78 is 0. The van der Waals surface area contributed by atoms with Gasteiger partial charge in [0, 0.05) is 0 Å². The lowest BCUT2D eigenvalue weighted by Crippen LogP contribution is -2.30. The fourth-order valence-corrected chi connectivity index (χ4v) is 1.42. The predicted molar refractivity (Wildman–Crippen MR) is 68.9 cm³/mol. The SMILES string of the molecule is CC(NOC(C)(C)C)c1ccc(Cl)c(Cl)c1. The average molecular weight is 262 g/mol. The second kappa shape index (κ2) is 5.37. The van der Waals surface area contributed by atoms with Crippen molar-refractivity contribution in [3.63, 3.8) is 0 Å². The maximum Gasteiger partial charge on any atom is 0.0813 e. The Balaban J connectivity index is 2.66.